The Morgan fingerprint density at radius 2 is 1.77 bits per heavy atom. The molecule has 0 atom stereocenters. The number of carbonyl (C=O) groups is 1. The van der Waals surface area contributed by atoms with Gasteiger partial charge in [0.2, 0.25) is 15.1 Å². The molecule has 1 aromatic carbocycles. The Morgan fingerprint density at radius 1 is 1.07 bits per heavy atom. The van der Waals surface area contributed by atoms with Crippen LogP contribution in [0.1, 0.15) is 35.4 Å². The molecule has 1 saturated heterocycles. The third-order valence-corrected chi connectivity index (χ3v) is 8.32. The molecule has 0 bridgehead atoms. The van der Waals surface area contributed by atoms with Crippen LogP contribution in [0.15, 0.2) is 50.8 Å². The van der Waals surface area contributed by atoms with Crippen LogP contribution in [0.4, 0.5) is 0 Å². The van der Waals surface area contributed by atoms with Crippen molar-refractivity contribution in [1.82, 2.24) is 8.61 Å². The third kappa shape index (κ3) is 4.75. The van der Waals surface area contributed by atoms with Crippen molar-refractivity contribution in [2.24, 2.45) is 0 Å². The maximum atomic E-state index is 12.8. The Balaban J connectivity index is 1.70. The third-order valence-electron chi connectivity index (χ3n) is 4.74. The average molecular weight is 457 g/mol. The highest BCUT2D eigenvalue weighted by molar-refractivity contribution is 7.89. The molecule has 0 saturated carbocycles. The first-order valence-corrected chi connectivity index (χ1v) is 12.3. The number of carbonyl (C=O) groups excluding carboxylic acids is 1. The van der Waals surface area contributed by atoms with Crippen molar-refractivity contribution < 1.29 is 30.8 Å². The highest BCUT2D eigenvalue weighted by Crippen LogP contribution is 2.22. The van der Waals surface area contributed by atoms with E-state index in [-0.39, 0.29) is 27.9 Å². The zero-order valence-corrected chi connectivity index (χ0v) is 18.4. The lowest BCUT2D eigenvalue weighted by Gasteiger charge is -2.25. The van der Waals surface area contributed by atoms with Gasteiger partial charge >= 0.3 is 5.97 Å². The Hall–Kier alpha value is -2.21. The topological polar surface area (TPSA) is 114 Å². The molecular formula is C19H24N2O7S2. The summed E-state index contributed by atoms with van der Waals surface area (Å²) in [6, 6.07) is 8.37. The van der Waals surface area contributed by atoms with Gasteiger partial charge in [0.15, 0.2) is 0 Å². The quantitative estimate of drug-likeness (QED) is 0.586. The number of furan rings is 1. The van der Waals surface area contributed by atoms with E-state index in [1.165, 1.54) is 54.8 Å². The fourth-order valence-electron chi connectivity index (χ4n) is 3.01. The predicted octanol–water partition coefficient (Wildman–Crippen LogP) is 2.06. The van der Waals surface area contributed by atoms with E-state index in [4.69, 9.17) is 9.15 Å². The van der Waals surface area contributed by atoms with Crippen molar-refractivity contribution in [2.45, 2.75) is 35.9 Å². The van der Waals surface area contributed by atoms with Crippen LogP contribution in [0.25, 0.3) is 0 Å². The van der Waals surface area contributed by atoms with Crippen LogP contribution in [0.2, 0.25) is 0 Å². The molecule has 1 aliphatic heterocycles. The largest absolute Gasteiger partial charge is 0.454 e. The molecule has 30 heavy (non-hydrogen) atoms. The van der Waals surface area contributed by atoms with Gasteiger partial charge in [0.05, 0.1) is 10.5 Å². The molecule has 0 amide bonds. The van der Waals surface area contributed by atoms with Crippen molar-refractivity contribution in [2.75, 3.05) is 27.2 Å². The standard InChI is InChI=1S/C19H24N2O7S2/c1-20(2)30(25,26)18-10-9-16(28-18)14-27-19(22)15-7-6-8-17(13-15)29(23,24)21-11-4-3-5-12-21/h6-10,13H,3-5,11-12,14H2,1-2H3. The molecule has 0 radical (unpaired) electrons. The van der Waals surface area contributed by atoms with Gasteiger partial charge < -0.3 is 9.15 Å². The molecule has 2 aromatic rings. The molecule has 0 spiro atoms. The van der Waals surface area contributed by atoms with Crippen molar-refractivity contribution in [3.8, 4) is 0 Å². The maximum absolute atomic E-state index is 12.8. The molecule has 1 fully saturated rings. The Labute approximate surface area is 176 Å². The lowest BCUT2D eigenvalue weighted by molar-refractivity contribution is 0.0440. The molecule has 9 nitrogen and oxygen atoms in total. The molecule has 0 unspecified atom stereocenters. The Bertz CT molecular complexity index is 1120. The first kappa shape index (κ1) is 22.5. The van der Waals surface area contributed by atoms with Gasteiger partial charge in [-0.05, 0) is 43.2 Å². The number of benzene rings is 1. The minimum atomic E-state index is -3.72. The second-order valence-corrected chi connectivity index (χ2v) is 11.1. The molecular weight excluding hydrogens is 432 g/mol. The van der Waals surface area contributed by atoms with E-state index < -0.39 is 26.0 Å². The second-order valence-electron chi connectivity index (χ2n) is 7.08. The molecule has 0 aliphatic carbocycles. The van der Waals surface area contributed by atoms with Gasteiger partial charge in [0, 0.05) is 27.2 Å². The molecule has 11 heteroatoms. The van der Waals surface area contributed by atoms with Gasteiger partial charge in [-0.1, -0.05) is 12.5 Å². The predicted molar refractivity (Wildman–Crippen MR) is 108 cm³/mol. The fraction of sp³-hybridized carbons (Fsp3) is 0.421. The molecule has 3 rings (SSSR count). The normalized spacial score (nSPS) is 16.0. The summed E-state index contributed by atoms with van der Waals surface area (Å²) in [6.07, 6.45) is 2.63. The first-order chi connectivity index (χ1) is 14.1. The second kappa shape index (κ2) is 8.88. The Morgan fingerprint density at radius 3 is 2.43 bits per heavy atom. The Kier molecular flexibility index (Phi) is 6.65. The van der Waals surface area contributed by atoms with Gasteiger partial charge in [0.1, 0.15) is 12.4 Å². The summed E-state index contributed by atoms with van der Waals surface area (Å²) in [4.78, 5) is 12.4. The van der Waals surface area contributed by atoms with Crippen LogP contribution in [0.3, 0.4) is 0 Å². The minimum absolute atomic E-state index is 0.0382. The summed E-state index contributed by atoms with van der Waals surface area (Å²) in [7, 11) is -4.64. The summed E-state index contributed by atoms with van der Waals surface area (Å²) in [5.41, 5.74) is 0.0841. The zero-order chi connectivity index (χ0) is 21.9. The van der Waals surface area contributed by atoms with Gasteiger partial charge in [-0.15, -0.1) is 0 Å². The van der Waals surface area contributed by atoms with Crippen LogP contribution in [0.5, 0.6) is 0 Å². The molecule has 164 valence electrons. The number of ether oxygens (including phenoxy) is 1. The van der Waals surface area contributed by atoms with E-state index in [1.54, 1.807) is 0 Å². The van der Waals surface area contributed by atoms with Crippen molar-refractivity contribution in [1.29, 1.82) is 0 Å². The first-order valence-electron chi connectivity index (χ1n) is 9.41. The van der Waals surface area contributed by atoms with E-state index in [9.17, 15) is 21.6 Å². The molecule has 2 heterocycles. The molecule has 1 aliphatic rings. The van der Waals surface area contributed by atoms with Crippen LogP contribution >= 0.6 is 0 Å². The lowest BCUT2D eigenvalue weighted by atomic mass is 10.2. The van der Waals surface area contributed by atoms with Crippen LogP contribution in [0, 0.1) is 0 Å². The summed E-state index contributed by atoms with van der Waals surface area (Å²) < 4.78 is 62.5. The minimum Gasteiger partial charge on any atom is -0.454 e. The number of esters is 1. The highest BCUT2D eigenvalue weighted by atomic mass is 32.2. The van der Waals surface area contributed by atoms with Crippen LogP contribution in [-0.4, -0.2) is 58.6 Å². The number of piperidine rings is 1. The smallest absolute Gasteiger partial charge is 0.338 e. The summed E-state index contributed by atoms with van der Waals surface area (Å²) in [5.74, 6) is -0.583. The number of nitrogens with zero attached hydrogens (tertiary/aromatic N) is 2. The summed E-state index contributed by atoms with van der Waals surface area (Å²) >= 11 is 0. The van der Waals surface area contributed by atoms with Crippen molar-refractivity contribution in [3.63, 3.8) is 0 Å². The van der Waals surface area contributed by atoms with E-state index >= 15 is 0 Å². The van der Waals surface area contributed by atoms with Crippen molar-refractivity contribution >= 4 is 26.0 Å². The van der Waals surface area contributed by atoms with Gasteiger partial charge in [-0.2, -0.15) is 4.31 Å². The van der Waals surface area contributed by atoms with Crippen LogP contribution < -0.4 is 0 Å². The number of hydrogen-bond acceptors (Lipinski definition) is 7. The lowest BCUT2D eigenvalue weighted by Crippen LogP contribution is -2.35. The van der Waals surface area contributed by atoms with E-state index in [1.807, 2.05) is 0 Å². The SMILES string of the molecule is CN(C)S(=O)(=O)c1ccc(COC(=O)c2cccc(S(=O)(=O)N3CCCCC3)c2)o1. The van der Waals surface area contributed by atoms with Crippen molar-refractivity contribution in [3.05, 3.63) is 47.7 Å². The number of rotatable bonds is 7. The number of hydrogen-bond donors (Lipinski definition) is 0. The van der Waals surface area contributed by atoms with E-state index in [0.29, 0.717) is 13.1 Å². The van der Waals surface area contributed by atoms with E-state index in [2.05, 4.69) is 0 Å². The van der Waals surface area contributed by atoms with Gasteiger partial charge in [-0.25, -0.2) is 25.9 Å². The van der Waals surface area contributed by atoms with Gasteiger partial charge in [0.25, 0.3) is 10.0 Å². The van der Waals surface area contributed by atoms with Crippen LogP contribution in [-0.2, 0) is 31.4 Å². The monoisotopic (exact) mass is 456 g/mol. The van der Waals surface area contributed by atoms with E-state index in [0.717, 1.165) is 23.6 Å². The molecule has 1 aromatic heterocycles. The number of sulfonamides is 2. The summed E-state index contributed by atoms with van der Waals surface area (Å²) in [5, 5.41) is -0.256. The molecule has 0 N–H and O–H groups in total. The zero-order valence-electron chi connectivity index (χ0n) is 16.8. The highest BCUT2D eigenvalue weighted by Gasteiger charge is 2.27. The average Bonchev–Trinajstić information content (AvgIpc) is 3.22. The summed E-state index contributed by atoms with van der Waals surface area (Å²) in [6.45, 7) is 0.645. The fourth-order valence-corrected chi connectivity index (χ4v) is 5.39. The maximum Gasteiger partial charge on any atom is 0.338 e. The van der Waals surface area contributed by atoms with Gasteiger partial charge in [-0.3, -0.25) is 0 Å².